The summed E-state index contributed by atoms with van der Waals surface area (Å²) in [4.78, 5) is 9.38. The van der Waals surface area contributed by atoms with Gasteiger partial charge in [-0.1, -0.05) is 178 Å². The molecule has 7 heteroatoms. The molecule has 1 aliphatic rings. The van der Waals surface area contributed by atoms with Crippen LogP contribution in [-0.4, -0.2) is 9.55 Å². The first-order valence-corrected chi connectivity index (χ1v) is 25.6. The van der Waals surface area contributed by atoms with E-state index in [2.05, 4.69) is 254 Å². The van der Waals surface area contributed by atoms with Gasteiger partial charge in [0.15, 0.2) is 0 Å². The van der Waals surface area contributed by atoms with Crippen LogP contribution in [0.5, 0.6) is 11.5 Å². The Morgan fingerprint density at radius 1 is 0.468 bits per heavy atom. The predicted molar refractivity (Wildman–Crippen MR) is 310 cm³/mol. The Morgan fingerprint density at radius 2 is 1.03 bits per heavy atom. The van der Waals surface area contributed by atoms with Crippen LogP contribution in [0.2, 0.25) is 0 Å². The Kier molecular flexibility index (Phi) is 13.0. The first kappa shape index (κ1) is 49.1. The van der Waals surface area contributed by atoms with Crippen molar-refractivity contribution in [2.45, 2.75) is 26.2 Å². The average molecular weight is 1180 g/mol. The summed E-state index contributed by atoms with van der Waals surface area (Å²) < 4.78 is 23.8. The predicted octanol–water partition coefficient (Wildman–Crippen LogP) is 18.7. The second kappa shape index (κ2) is 20.4. The second-order valence-corrected chi connectivity index (χ2v) is 20.3. The van der Waals surface area contributed by atoms with E-state index in [-0.39, 0.29) is 32.3 Å². The fraction of sp³-hybridized carbons (Fsp3) is 0.0571. The Labute approximate surface area is 463 Å². The molecule has 1 aliphatic heterocycles. The number of ether oxygens (including phenoxy) is 1. The van der Waals surface area contributed by atoms with Gasteiger partial charge in [0.25, 0.3) is 0 Å². The number of fused-ring (bicyclic) bond motifs is 4. The fourth-order valence-electron chi connectivity index (χ4n) is 10.6. The maximum atomic E-state index is 14.5. The quantitative estimate of drug-likeness (QED) is 0.128. The van der Waals surface area contributed by atoms with Crippen molar-refractivity contribution in [2.24, 2.45) is 0 Å². The number of benzene rings is 10. The maximum Gasteiger partial charge on any atom is 0.135 e. The van der Waals surface area contributed by atoms with Gasteiger partial charge in [0.05, 0.1) is 0 Å². The molecule has 0 spiro atoms. The summed E-state index contributed by atoms with van der Waals surface area (Å²) in [5, 5.41) is 2.16. The Balaban J connectivity index is 0.00000596. The molecule has 376 valence electrons. The number of hydrogen-bond donors (Lipinski definition) is 0. The Hall–Kier alpha value is -8.83. The molecule has 0 amide bonds. The van der Waals surface area contributed by atoms with Crippen molar-refractivity contribution in [3.05, 3.63) is 273 Å². The number of hydrogen-bond acceptors (Lipinski definition) is 4. The van der Waals surface area contributed by atoms with E-state index in [0.29, 0.717) is 11.5 Å². The average Bonchev–Trinajstić information content (AvgIpc) is 4.17. The van der Waals surface area contributed by atoms with Gasteiger partial charge in [0, 0.05) is 72.5 Å². The van der Waals surface area contributed by atoms with E-state index in [1.54, 1.807) is 0 Å². The van der Waals surface area contributed by atoms with E-state index in [1.165, 1.54) is 17.7 Å². The molecule has 0 aliphatic carbocycles. The molecule has 10 aromatic carbocycles. The zero-order valence-electron chi connectivity index (χ0n) is 42.6. The fourth-order valence-corrected chi connectivity index (χ4v) is 10.6. The summed E-state index contributed by atoms with van der Waals surface area (Å²) in [6, 6.07) is 88.4. The van der Waals surface area contributed by atoms with Gasteiger partial charge in [-0.15, -0.1) is 53.6 Å². The van der Waals surface area contributed by atoms with Crippen molar-refractivity contribution in [2.75, 3.05) is 9.80 Å². The van der Waals surface area contributed by atoms with Crippen molar-refractivity contribution in [1.29, 1.82) is 0 Å². The van der Waals surface area contributed by atoms with Crippen molar-refractivity contribution >= 4 is 44.6 Å². The Bertz CT molecular complexity index is 4060. The molecule has 0 atom stereocenters. The van der Waals surface area contributed by atoms with Gasteiger partial charge in [0.1, 0.15) is 11.6 Å². The molecular formula is C70H50FN4OPt-3. The van der Waals surface area contributed by atoms with Crippen molar-refractivity contribution in [3.8, 4) is 73.0 Å². The second-order valence-electron chi connectivity index (χ2n) is 20.3. The van der Waals surface area contributed by atoms with Crippen LogP contribution in [0, 0.1) is 24.6 Å². The van der Waals surface area contributed by atoms with E-state index in [4.69, 9.17) is 9.72 Å². The van der Waals surface area contributed by atoms with Crippen LogP contribution >= 0.6 is 0 Å². The number of anilines is 4. The van der Waals surface area contributed by atoms with Crippen LogP contribution < -0.4 is 14.5 Å². The molecule has 0 fully saturated rings. The molecule has 0 N–H and O–H groups in total. The van der Waals surface area contributed by atoms with E-state index in [9.17, 15) is 4.39 Å². The van der Waals surface area contributed by atoms with Crippen LogP contribution in [-0.2, 0) is 26.5 Å². The number of rotatable bonds is 10. The van der Waals surface area contributed by atoms with Gasteiger partial charge in [-0.2, -0.15) is 6.07 Å². The third kappa shape index (κ3) is 9.40. The largest absolute Gasteiger partial charge is 0.509 e. The molecule has 0 saturated carbocycles. The van der Waals surface area contributed by atoms with Crippen molar-refractivity contribution in [1.82, 2.24) is 9.55 Å². The summed E-state index contributed by atoms with van der Waals surface area (Å²) in [5.41, 5.74) is 17.0. The van der Waals surface area contributed by atoms with Gasteiger partial charge in [-0.25, -0.2) is 9.37 Å². The van der Waals surface area contributed by atoms with Crippen LogP contribution in [0.3, 0.4) is 0 Å². The summed E-state index contributed by atoms with van der Waals surface area (Å²) in [6.45, 7) is 8.81. The first-order chi connectivity index (χ1) is 37.2. The molecule has 5 nitrogen and oxygen atoms in total. The van der Waals surface area contributed by atoms with E-state index in [1.807, 2.05) is 30.5 Å². The summed E-state index contributed by atoms with van der Waals surface area (Å²) in [5.74, 6) is 1.60. The standard InChI is InChI=1S/C70H50FN4O.Pt/c1-70(2,3)55-36-37-72-68(43-55)75-64-27-14-13-24-62(64)63-35-34-58(45-67(63)75)76-59-42-54(53-39-51(47-18-7-4-8-19-47)38-52(40-53)48-20-9-5-10-21-48)41-57(44-59)73-46-74(66-29-16-15-28-65(66)73)69-60(49-22-11-6-12-23-49)25-17-26-61(69)50-30-32-56(71)33-31-50;/h4-43,46H,1-3H3;/q-3;. The van der Waals surface area contributed by atoms with E-state index in [0.717, 1.165) is 106 Å². The minimum absolute atomic E-state index is 0. The molecule has 0 unspecified atom stereocenters. The first-order valence-electron chi connectivity index (χ1n) is 25.6. The topological polar surface area (TPSA) is 33.5 Å². The molecule has 0 saturated heterocycles. The molecule has 77 heavy (non-hydrogen) atoms. The minimum atomic E-state index is -0.282. The molecule has 0 radical (unpaired) electrons. The Morgan fingerprint density at radius 3 is 1.68 bits per heavy atom. The molecule has 13 rings (SSSR count). The SMILES string of the molecule is CC(C)(C)c1ccnc(-n2c3[c-]c(Oc4[c-]c(N5[CH-]N(c6c(-c7ccccc7)cccc6-c6ccc(F)cc6)c6ccccc65)cc(-c5cc(-c6ccccc6)cc(-c6ccccc6)c5)c4)ccc3c3ccccc32)c1.[Pt]. The van der Waals surface area contributed by atoms with Crippen LogP contribution in [0.15, 0.2) is 243 Å². The van der Waals surface area contributed by atoms with Gasteiger partial charge in [0.2, 0.25) is 0 Å². The smallest absolute Gasteiger partial charge is 0.135 e. The summed E-state index contributed by atoms with van der Waals surface area (Å²) in [6.07, 6.45) is 1.90. The van der Waals surface area contributed by atoms with Crippen molar-refractivity contribution in [3.63, 3.8) is 0 Å². The van der Waals surface area contributed by atoms with E-state index >= 15 is 0 Å². The molecule has 0 bridgehead atoms. The zero-order chi connectivity index (χ0) is 51.3. The summed E-state index contributed by atoms with van der Waals surface area (Å²) >= 11 is 0. The molecular weight excluding hydrogens is 1130 g/mol. The number of nitrogens with zero attached hydrogens (tertiary/aromatic N) is 4. The van der Waals surface area contributed by atoms with Crippen LogP contribution in [0.1, 0.15) is 26.3 Å². The zero-order valence-corrected chi connectivity index (χ0v) is 44.8. The van der Waals surface area contributed by atoms with Crippen LogP contribution in [0.4, 0.5) is 27.1 Å². The van der Waals surface area contributed by atoms with Gasteiger partial charge >= 0.3 is 0 Å². The normalized spacial score (nSPS) is 12.2. The van der Waals surface area contributed by atoms with Gasteiger partial charge in [-0.3, -0.25) is 0 Å². The summed E-state index contributed by atoms with van der Waals surface area (Å²) in [7, 11) is 0. The number of pyridine rings is 1. The van der Waals surface area contributed by atoms with E-state index < -0.39 is 0 Å². The molecule has 2 aromatic heterocycles. The minimum Gasteiger partial charge on any atom is -0.509 e. The number of aromatic nitrogens is 2. The van der Waals surface area contributed by atoms with Gasteiger partial charge < -0.3 is 19.1 Å². The number of para-hydroxylation sites is 4. The van der Waals surface area contributed by atoms with Crippen LogP contribution in [0.25, 0.3) is 83.3 Å². The molecule has 3 heterocycles. The molecule has 12 aromatic rings. The van der Waals surface area contributed by atoms with Gasteiger partial charge in [-0.05, 0) is 116 Å². The van der Waals surface area contributed by atoms with Crippen molar-refractivity contribution < 1.29 is 30.2 Å². The third-order valence-electron chi connectivity index (χ3n) is 14.3. The monoisotopic (exact) mass is 1180 g/mol. The number of halogens is 1. The third-order valence-corrected chi connectivity index (χ3v) is 14.3. The maximum absolute atomic E-state index is 14.5.